The Kier molecular flexibility index (Phi) is 2.05. The van der Waals surface area contributed by atoms with Gasteiger partial charge in [-0.15, -0.1) is 0 Å². The van der Waals surface area contributed by atoms with Gasteiger partial charge in [-0.05, 0) is 0 Å². The van der Waals surface area contributed by atoms with E-state index < -0.39 is 0 Å². The average Bonchev–Trinajstić information content (AvgIpc) is 2.35. The van der Waals surface area contributed by atoms with Crippen molar-refractivity contribution in [1.29, 1.82) is 10.8 Å². The van der Waals surface area contributed by atoms with Gasteiger partial charge in [-0.25, -0.2) is 5.01 Å². The highest BCUT2D eigenvalue weighted by Gasteiger charge is 2.10. The first-order valence-electron chi connectivity index (χ1n) is 3.19. The largest absolute Gasteiger partial charge is 0.370 e. The first kappa shape index (κ1) is 7.52. The van der Waals surface area contributed by atoms with E-state index in [2.05, 4.69) is 10.4 Å². The van der Waals surface area contributed by atoms with E-state index in [-0.39, 0.29) is 11.9 Å². The number of hydrogen-bond acceptors (Lipinski definition) is 3. The smallest absolute Gasteiger partial charge is 0.218 e. The van der Waals surface area contributed by atoms with Gasteiger partial charge in [0.05, 0.1) is 0 Å². The standard InChI is InChI=1S/C5H10N6/c6-4(7)10-5(8)11-3-1-2-9-11/h2H,1,3H2,(H5,6,7,8,10). The Hall–Kier alpha value is -1.59. The van der Waals surface area contributed by atoms with Crippen LogP contribution in [0.1, 0.15) is 6.42 Å². The Morgan fingerprint density at radius 3 is 2.82 bits per heavy atom. The average molecular weight is 154 g/mol. The number of nitrogens with one attached hydrogen (secondary N) is 3. The molecule has 0 saturated heterocycles. The molecule has 5 N–H and O–H groups in total. The van der Waals surface area contributed by atoms with E-state index in [9.17, 15) is 0 Å². The Labute approximate surface area is 64.1 Å². The van der Waals surface area contributed by atoms with Gasteiger partial charge >= 0.3 is 0 Å². The summed E-state index contributed by atoms with van der Waals surface area (Å²) in [4.78, 5) is 0. The second-order valence-corrected chi connectivity index (χ2v) is 2.10. The van der Waals surface area contributed by atoms with Crippen LogP contribution in [0.2, 0.25) is 0 Å². The number of hydrogen-bond donors (Lipinski definition) is 4. The van der Waals surface area contributed by atoms with Crippen molar-refractivity contribution in [2.24, 2.45) is 10.8 Å². The molecule has 0 aliphatic carbocycles. The van der Waals surface area contributed by atoms with E-state index in [1.54, 1.807) is 6.21 Å². The van der Waals surface area contributed by atoms with E-state index in [4.69, 9.17) is 16.6 Å². The maximum absolute atomic E-state index is 7.30. The molecule has 1 heterocycles. The highest BCUT2D eigenvalue weighted by Crippen LogP contribution is 1.97. The molecule has 0 atom stereocenters. The van der Waals surface area contributed by atoms with Gasteiger partial charge in [-0.1, -0.05) is 0 Å². The zero-order chi connectivity index (χ0) is 8.27. The quantitative estimate of drug-likeness (QED) is 0.268. The normalized spacial score (nSPS) is 15.1. The zero-order valence-electron chi connectivity index (χ0n) is 5.96. The lowest BCUT2D eigenvalue weighted by Crippen LogP contribution is -2.43. The van der Waals surface area contributed by atoms with Crippen molar-refractivity contribution in [3.8, 4) is 0 Å². The van der Waals surface area contributed by atoms with Gasteiger partial charge in [0.2, 0.25) is 5.96 Å². The minimum Gasteiger partial charge on any atom is -0.370 e. The summed E-state index contributed by atoms with van der Waals surface area (Å²) < 4.78 is 0. The van der Waals surface area contributed by atoms with Crippen LogP contribution >= 0.6 is 0 Å². The fraction of sp³-hybridized carbons (Fsp3) is 0.400. The minimum atomic E-state index is -0.239. The summed E-state index contributed by atoms with van der Waals surface area (Å²) >= 11 is 0. The third-order valence-corrected chi connectivity index (χ3v) is 1.20. The van der Waals surface area contributed by atoms with Gasteiger partial charge < -0.3 is 5.73 Å². The fourth-order valence-electron chi connectivity index (χ4n) is 0.756. The SMILES string of the molecule is N=C(N)NC(=N)N1CCC=N1. The molecule has 0 unspecified atom stereocenters. The molecular formula is C5H10N6. The lowest BCUT2D eigenvalue weighted by molar-refractivity contribution is 0.475. The maximum Gasteiger partial charge on any atom is 0.218 e. The fourth-order valence-corrected chi connectivity index (χ4v) is 0.756. The van der Waals surface area contributed by atoms with Gasteiger partial charge in [0.25, 0.3) is 0 Å². The van der Waals surface area contributed by atoms with Crippen LogP contribution in [-0.2, 0) is 0 Å². The molecular weight excluding hydrogens is 144 g/mol. The molecule has 6 heteroatoms. The number of guanidine groups is 2. The van der Waals surface area contributed by atoms with Crippen molar-refractivity contribution >= 4 is 18.1 Å². The summed E-state index contributed by atoms with van der Waals surface area (Å²) in [6, 6.07) is 0. The molecule has 11 heavy (non-hydrogen) atoms. The Balaban J connectivity index is 2.41. The number of nitrogens with zero attached hydrogens (tertiary/aromatic N) is 2. The molecule has 0 spiro atoms. The molecule has 0 aromatic heterocycles. The maximum atomic E-state index is 7.30. The zero-order valence-corrected chi connectivity index (χ0v) is 5.96. The molecule has 0 fully saturated rings. The Morgan fingerprint density at radius 1 is 1.64 bits per heavy atom. The molecule has 1 aliphatic heterocycles. The van der Waals surface area contributed by atoms with Crippen LogP contribution in [0, 0.1) is 10.8 Å². The second kappa shape index (κ2) is 3.00. The summed E-state index contributed by atoms with van der Waals surface area (Å²) in [5, 5.41) is 21.8. The molecule has 60 valence electrons. The van der Waals surface area contributed by atoms with Crippen LogP contribution in [0.4, 0.5) is 0 Å². The predicted octanol–water partition coefficient (Wildman–Crippen LogP) is -0.904. The van der Waals surface area contributed by atoms with Crippen molar-refractivity contribution in [3.63, 3.8) is 0 Å². The summed E-state index contributed by atoms with van der Waals surface area (Å²) in [7, 11) is 0. The Morgan fingerprint density at radius 2 is 2.36 bits per heavy atom. The van der Waals surface area contributed by atoms with Crippen LogP contribution in [0.25, 0.3) is 0 Å². The molecule has 6 nitrogen and oxygen atoms in total. The lowest BCUT2D eigenvalue weighted by atomic mass is 10.5. The first-order valence-corrected chi connectivity index (χ1v) is 3.19. The summed E-state index contributed by atoms with van der Waals surface area (Å²) in [5.41, 5.74) is 5.01. The van der Waals surface area contributed by atoms with E-state index in [1.807, 2.05) is 0 Å². The van der Waals surface area contributed by atoms with Crippen LogP contribution in [-0.4, -0.2) is 29.7 Å². The van der Waals surface area contributed by atoms with Crippen molar-refractivity contribution < 1.29 is 0 Å². The van der Waals surface area contributed by atoms with E-state index in [0.29, 0.717) is 6.54 Å². The van der Waals surface area contributed by atoms with Crippen molar-refractivity contribution in [1.82, 2.24) is 10.3 Å². The molecule has 0 aromatic rings. The van der Waals surface area contributed by atoms with Gasteiger partial charge in [0.1, 0.15) is 0 Å². The number of hydrazone groups is 1. The minimum absolute atomic E-state index is 0.0475. The summed E-state index contributed by atoms with van der Waals surface area (Å²) in [5.74, 6) is -0.191. The molecule has 0 saturated carbocycles. The topological polar surface area (TPSA) is 101 Å². The molecule has 0 aromatic carbocycles. The molecule has 1 aliphatic rings. The van der Waals surface area contributed by atoms with Crippen LogP contribution in [0.15, 0.2) is 5.10 Å². The number of nitrogens with two attached hydrogens (primary N) is 1. The van der Waals surface area contributed by atoms with E-state index in [0.717, 1.165) is 6.42 Å². The molecule has 0 amide bonds. The number of rotatable bonds is 0. The van der Waals surface area contributed by atoms with Crippen LogP contribution in [0.3, 0.4) is 0 Å². The van der Waals surface area contributed by atoms with Crippen LogP contribution < -0.4 is 11.1 Å². The predicted molar refractivity (Wildman–Crippen MR) is 42.6 cm³/mol. The third kappa shape index (κ3) is 1.92. The van der Waals surface area contributed by atoms with E-state index in [1.165, 1.54) is 5.01 Å². The monoisotopic (exact) mass is 154 g/mol. The van der Waals surface area contributed by atoms with Gasteiger partial charge in [0.15, 0.2) is 5.96 Å². The summed E-state index contributed by atoms with van der Waals surface area (Å²) in [6.45, 7) is 0.680. The third-order valence-electron chi connectivity index (χ3n) is 1.20. The van der Waals surface area contributed by atoms with E-state index >= 15 is 0 Å². The highest BCUT2D eigenvalue weighted by molar-refractivity contribution is 5.95. The lowest BCUT2D eigenvalue weighted by Gasteiger charge is -2.14. The van der Waals surface area contributed by atoms with Crippen LogP contribution in [0.5, 0.6) is 0 Å². The van der Waals surface area contributed by atoms with Gasteiger partial charge in [-0.3, -0.25) is 16.1 Å². The first-order chi connectivity index (χ1) is 5.20. The Bertz CT molecular complexity index is 207. The van der Waals surface area contributed by atoms with Crippen molar-refractivity contribution in [3.05, 3.63) is 0 Å². The summed E-state index contributed by atoms with van der Waals surface area (Å²) in [6.07, 6.45) is 2.55. The highest BCUT2D eigenvalue weighted by atomic mass is 15.5. The molecule has 0 radical (unpaired) electrons. The van der Waals surface area contributed by atoms with Gasteiger partial charge in [0, 0.05) is 19.2 Å². The van der Waals surface area contributed by atoms with Gasteiger partial charge in [-0.2, -0.15) is 5.10 Å². The molecule has 1 rings (SSSR count). The second-order valence-electron chi connectivity index (χ2n) is 2.10. The molecule has 0 bridgehead atoms. The van der Waals surface area contributed by atoms with Crippen molar-refractivity contribution in [2.75, 3.05) is 6.54 Å². The van der Waals surface area contributed by atoms with Crippen molar-refractivity contribution in [2.45, 2.75) is 6.42 Å².